The number of pyridine rings is 3. The molecule has 0 bridgehead atoms. The summed E-state index contributed by atoms with van der Waals surface area (Å²) in [5.41, 5.74) is -3.14. The summed E-state index contributed by atoms with van der Waals surface area (Å²) in [7, 11) is 0. The SMILES string of the molecule is O=C(NCCN(CCNC(=O)c1cccc(=O)n1O)CCNC(=O)c1cccc(=O)n1O)c1cccc(=O)n1O. The van der Waals surface area contributed by atoms with Gasteiger partial charge >= 0.3 is 0 Å². The highest BCUT2D eigenvalue weighted by Crippen LogP contribution is 1.97. The van der Waals surface area contributed by atoms with Crippen LogP contribution in [0.2, 0.25) is 0 Å². The predicted octanol–water partition coefficient (Wildman–Crippen LogP) is -2.22. The maximum absolute atomic E-state index is 12.4. The van der Waals surface area contributed by atoms with Crippen molar-refractivity contribution in [2.75, 3.05) is 39.3 Å². The highest BCUT2D eigenvalue weighted by atomic mass is 16.5. The van der Waals surface area contributed by atoms with Gasteiger partial charge in [-0.1, -0.05) is 18.2 Å². The van der Waals surface area contributed by atoms with Crippen molar-refractivity contribution in [3.63, 3.8) is 0 Å². The predicted molar refractivity (Wildman–Crippen MR) is 137 cm³/mol. The number of nitrogens with one attached hydrogen (secondary N) is 3. The van der Waals surface area contributed by atoms with Crippen LogP contribution in [0.3, 0.4) is 0 Å². The molecule has 0 saturated carbocycles. The number of aromatic nitrogens is 3. The molecule has 0 radical (unpaired) electrons. The standard InChI is InChI=1S/C24H27N7O9/c32-19-7-1-4-16(29(19)38)22(35)25-10-13-28(14-11-26-23(36)17-5-2-8-20(33)30(17)39)15-12-27-24(37)18-6-3-9-21(34)31(18)40/h1-9,38-40H,10-15H2,(H,25,35)(H,26,36)(H,27,37). The molecule has 3 aromatic rings. The van der Waals surface area contributed by atoms with Gasteiger partial charge in [0.1, 0.15) is 17.1 Å². The average molecular weight is 558 g/mol. The molecule has 0 aliphatic heterocycles. The van der Waals surface area contributed by atoms with E-state index in [9.17, 15) is 44.4 Å². The van der Waals surface area contributed by atoms with Crippen LogP contribution in [0.1, 0.15) is 31.5 Å². The molecule has 3 aromatic heterocycles. The molecular weight excluding hydrogens is 530 g/mol. The molecule has 0 saturated heterocycles. The fraction of sp³-hybridized carbons (Fsp3) is 0.250. The molecule has 0 spiro atoms. The smallest absolute Gasteiger partial charge is 0.283 e. The topological polar surface area (TPSA) is 217 Å². The van der Waals surface area contributed by atoms with Gasteiger partial charge in [-0.25, -0.2) is 0 Å². The van der Waals surface area contributed by atoms with E-state index in [-0.39, 0.29) is 70.5 Å². The van der Waals surface area contributed by atoms with Crippen LogP contribution >= 0.6 is 0 Å². The van der Waals surface area contributed by atoms with Crippen molar-refractivity contribution in [1.29, 1.82) is 0 Å². The average Bonchev–Trinajstić information content (AvgIpc) is 2.92. The Balaban J connectivity index is 1.59. The van der Waals surface area contributed by atoms with Crippen LogP contribution in [0.15, 0.2) is 69.0 Å². The first-order valence-corrected chi connectivity index (χ1v) is 11.9. The molecule has 6 N–H and O–H groups in total. The molecule has 16 heteroatoms. The second-order valence-corrected chi connectivity index (χ2v) is 8.29. The van der Waals surface area contributed by atoms with Crippen LogP contribution in [0.5, 0.6) is 0 Å². The van der Waals surface area contributed by atoms with Gasteiger partial charge in [0.15, 0.2) is 0 Å². The van der Waals surface area contributed by atoms with Crippen molar-refractivity contribution >= 4 is 17.7 Å². The quantitative estimate of drug-likeness (QED) is 0.132. The van der Waals surface area contributed by atoms with Crippen molar-refractivity contribution in [1.82, 2.24) is 35.0 Å². The molecule has 0 atom stereocenters. The van der Waals surface area contributed by atoms with E-state index in [4.69, 9.17) is 0 Å². The molecule has 0 aromatic carbocycles. The lowest BCUT2D eigenvalue weighted by Crippen LogP contribution is -2.44. The summed E-state index contributed by atoms with van der Waals surface area (Å²) < 4.78 is 0.645. The minimum absolute atomic E-state index is 0.0492. The Labute approximate surface area is 225 Å². The second kappa shape index (κ2) is 13.4. The second-order valence-electron chi connectivity index (χ2n) is 8.29. The van der Waals surface area contributed by atoms with Crippen molar-refractivity contribution in [3.05, 3.63) is 103 Å². The molecule has 3 heterocycles. The Bertz CT molecular complexity index is 1380. The van der Waals surface area contributed by atoms with Gasteiger partial charge < -0.3 is 31.6 Å². The Morgan fingerprint density at radius 3 is 1.10 bits per heavy atom. The van der Waals surface area contributed by atoms with E-state index in [1.54, 1.807) is 4.90 Å². The maximum Gasteiger partial charge on any atom is 0.283 e. The van der Waals surface area contributed by atoms with Crippen molar-refractivity contribution < 1.29 is 30.0 Å². The fourth-order valence-corrected chi connectivity index (χ4v) is 3.55. The zero-order valence-electron chi connectivity index (χ0n) is 21.0. The number of carbonyl (C=O) groups excluding carboxylic acids is 3. The number of nitrogens with zero attached hydrogens (tertiary/aromatic N) is 4. The third-order valence-electron chi connectivity index (χ3n) is 5.63. The van der Waals surface area contributed by atoms with Gasteiger partial charge in [0.05, 0.1) is 0 Å². The summed E-state index contributed by atoms with van der Waals surface area (Å²) in [5, 5.41) is 36.9. The van der Waals surface area contributed by atoms with E-state index >= 15 is 0 Å². The molecular formula is C24H27N7O9. The molecule has 212 valence electrons. The third-order valence-corrected chi connectivity index (χ3v) is 5.63. The van der Waals surface area contributed by atoms with Crippen LogP contribution in [0.25, 0.3) is 0 Å². The third kappa shape index (κ3) is 7.35. The molecule has 0 aliphatic carbocycles. The number of carbonyl (C=O) groups is 3. The highest BCUT2D eigenvalue weighted by molar-refractivity contribution is 5.93. The highest BCUT2D eigenvalue weighted by Gasteiger charge is 2.15. The number of hydrogen-bond donors (Lipinski definition) is 6. The van der Waals surface area contributed by atoms with Crippen molar-refractivity contribution in [3.8, 4) is 0 Å². The van der Waals surface area contributed by atoms with Gasteiger partial charge in [-0.05, 0) is 18.2 Å². The molecule has 0 unspecified atom stereocenters. The minimum atomic E-state index is -0.779. The van der Waals surface area contributed by atoms with Crippen molar-refractivity contribution in [2.24, 2.45) is 0 Å². The Morgan fingerprint density at radius 1 is 0.550 bits per heavy atom. The molecule has 0 fully saturated rings. The summed E-state index contributed by atoms with van der Waals surface area (Å²) in [6, 6.07) is 11.0. The van der Waals surface area contributed by atoms with E-state index in [1.807, 2.05) is 0 Å². The lowest BCUT2D eigenvalue weighted by molar-refractivity contribution is 0.0885. The zero-order valence-corrected chi connectivity index (χ0v) is 21.0. The summed E-state index contributed by atoms with van der Waals surface area (Å²) in [5.74, 6) is -2.13. The summed E-state index contributed by atoms with van der Waals surface area (Å²) in [6.07, 6.45) is 0. The van der Waals surface area contributed by atoms with Crippen LogP contribution in [-0.2, 0) is 0 Å². The van der Waals surface area contributed by atoms with Gasteiger partial charge in [0.2, 0.25) is 0 Å². The van der Waals surface area contributed by atoms with Gasteiger partial charge in [-0.15, -0.1) is 14.2 Å². The van der Waals surface area contributed by atoms with Gasteiger partial charge in [0.25, 0.3) is 34.4 Å². The van der Waals surface area contributed by atoms with Crippen LogP contribution in [0, 0.1) is 0 Å². The fourth-order valence-electron chi connectivity index (χ4n) is 3.55. The van der Waals surface area contributed by atoms with Gasteiger partial charge in [0, 0.05) is 57.5 Å². The van der Waals surface area contributed by atoms with Crippen molar-refractivity contribution in [2.45, 2.75) is 0 Å². The summed E-state index contributed by atoms with van der Waals surface area (Å²) >= 11 is 0. The zero-order chi connectivity index (χ0) is 29.2. The van der Waals surface area contributed by atoms with E-state index in [0.717, 1.165) is 18.2 Å². The van der Waals surface area contributed by atoms with Crippen LogP contribution in [-0.4, -0.2) is 91.7 Å². The van der Waals surface area contributed by atoms with Gasteiger partial charge in [-0.3, -0.25) is 33.7 Å². The minimum Gasteiger partial charge on any atom is -0.425 e. The van der Waals surface area contributed by atoms with Gasteiger partial charge in [-0.2, -0.15) is 0 Å². The monoisotopic (exact) mass is 557 g/mol. The van der Waals surface area contributed by atoms with E-state index in [2.05, 4.69) is 16.0 Å². The number of rotatable bonds is 12. The van der Waals surface area contributed by atoms with Crippen LogP contribution < -0.4 is 32.6 Å². The number of amides is 3. The first kappa shape index (κ1) is 29.2. The lowest BCUT2D eigenvalue weighted by atomic mass is 10.3. The maximum atomic E-state index is 12.4. The van der Waals surface area contributed by atoms with E-state index in [1.165, 1.54) is 36.4 Å². The first-order valence-electron chi connectivity index (χ1n) is 11.9. The molecule has 40 heavy (non-hydrogen) atoms. The first-order chi connectivity index (χ1) is 19.1. The summed E-state index contributed by atoms with van der Waals surface area (Å²) in [6.45, 7) is 0.749. The van der Waals surface area contributed by atoms with Crippen LogP contribution in [0.4, 0.5) is 0 Å². The largest absolute Gasteiger partial charge is 0.425 e. The molecule has 3 amide bonds. The Kier molecular flexibility index (Phi) is 9.79. The Morgan fingerprint density at radius 2 is 0.825 bits per heavy atom. The molecule has 16 nitrogen and oxygen atoms in total. The Hall–Kier alpha value is -5.38. The number of hydrogen-bond acceptors (Lipinski definition) is 10. The lowest BCUT2D eigenvalue weighted by Gasteiger charge is -2.23. The van der Waals surface area contributed by atoms with E-state index < -0.39 is 34.4 Å². The molecule has 0 aliphatic rings. The normalized spacial score (nSPS) is 10.7. The summed E-state index contributed by atoms with van der Waals surface area (Å²) in [4.78, 5) is 73.5. The molecule has 3 rings (SSSR count). The van der Waals surface area contributed by atoms with E-state index in [0.29, 0.717) is 0 Å².